The summed E-state index contributed by atoms with van der Waals surface area (Å²) in [7, 11) is -0.544. The zero-order valence-electron chi connectivity index (χ0n) is 4.56. The van der Waals surface area contributed by atoms with Gasteiger partial charge in [-0.3, -0.25) is 0 Å². The second-order valence-corrected chi connectivity index (χ2v) is 18.1. The molecule has 0 N–H and O–H groups in total. The van der Waals surface area contributed by atoms with Crippen molar-refractivity contribution in [2.45, 2.75) is 26.1 Å². The Bertz CT molecular complexity index is 37.3. The van der Waals surface area contributed by atoms with E-state index in [0.717, 1.165) is 0 Å². The number of rotatable bonds is 1. The quantitative estimate of drug-likeness (QED) is 0.641. The third kappa shape index (κ3) is 3.22. The van der Waals surface area contributed by atoms with E-state index >= 15 is 0 Å². The molecule has 0 atom stereocenters. The molecule has 0 heterocycles. The van der Waals surface area contributed by atoms with Gasteiger partial charge in [-0.15, -0.1) is 0 Å². The second-order valence-electron chi connectivity index (χ2n) is 2.04. The summed E-state index contributed by atoms with van der Waals surface area (Å²) in [5.41, 5.74) is 0. The molecule has 0 fully saturated rings. The van der Waals surface area contributed by atoms with Gasteiger partial charge < -0.3 is 0 Å². The fraction of sp³-hybridized carbons (Fsp3) is 1.00. The molecule has 0 aliphatic heterocycles. The van der Waals surface area contributed by atoms with Crippen LogP contribution in [0.5, 0.6) is 0 Å². The van der Waals surface area contributed by atoms with Crippen LogP contribution < -0.4 is 0 Å². The molecule has 0 saturated carbocycles. The minimum absolute atomic E-state index is 0.544. The second kappa shape index (κ2) is 1.13. The topological polar surface area (TPSA) is 0 Å². The van der Waals surface area contributed by atoms with Crippen LogP contribution in [0, 0.1) is 0 Å². The summed E-state index contributed by atoms with van der Waals surface area (Å²) in [6.45, 7) is 7.13. The molecule has 0 spiro atoms. The molecule has 0 aromatic rings. The van der Waals surface area contributed by atoms with Crippen molar-refractivity contribution in [2.75, 3.05) is 0 Å². The Morgan fingerprint density at radius 2 is 1.67 bits per heavy atom. The third-order valence-corrected chi connectivity index (χ3v) is 5.62. The van der Waals surface area contributed by atoms with Crippen LogP contribution in [0.3, 0.4) is 0 Å². The molecule has 0 saturated heterocycles. The van der Waals surface area contributed by atoms with Gasteiger partial charge >= 0.3 is 34.9 Å². The number of hydrogen-bond donors (Lipinski definition) is 0. The summed E-state index contributed by atoms with van der Waals surface area (Å²) >= 11 is 0. The molecule has 0 nitrogen and oxygen atoms in total. The van der Waals surface area contributed by atoms with Gasteiger partial charge in [0.05, 0.1) is 0 Å². The van der Waals surface area contributed by atoms with Crippen LogP contribution in [0.15, 0.2) is 0 Å². The van der Waals surface area contributed by atoms with Crippen molar-refractivity contribution in [1.29, 1.82) is 0 Å². The van der Waals surface area contributed by atoms with Gasteiger partial charge in [0.1, 0.15) is 0 Å². The Kier molecular flexibility index (Phi) is 0.982. The van der Waals surface area contributed by atoms with Gasteiger partial charge in [-0.2, -0.15) is 0 Å². The predicted molar refractivity (Wildman–Crippen MR) is 28.0 cm³/mol. The summed E-state index contributed by atoms with van der Waals surface area (Å²) in [6.07, 6.45) is 0. The SMILES string of the molecule is CC[Si](C)(C)[Cm]. The normalized spacial score (nSPS) is 12.2. The van der Waals surface area contributed by atoms with E-state index in [2.05, 4.69) is 20.0 Å². The first kappa shape index (κ1) is 5.22. The monoisotopic (exact) mass is 330 g/mol. The molecule has 0 aliphatic rings. The molecule has 0 amide bonds. The van der Waals surface area contributed by atoms with Crippen molar-refractivity contribution in [3.05, 3.63) is 0 Å². The van der Waals surface area contributed by atoms with Gasteiger partial charge in [0.15, 0.2) is 0 Å². The molecule has 0 bridgehead atoms. The van der Waals surface area contributed by atoms with Crippen molar-refractivity contribution >= 4 is 8.80 Å². The Morgan fingerprint density at radius 1 is 1.50 bits per heavy atom. The molecule has 2 heteroatoms. The van der Waals surface area contributed by atoms with Crippen LogP contribution in [-0.2, 0) is 0 Å². The first-order valence-electron chi connectivity index (χ1n) is 2.24. The van der Waals surface area contributed by atoms with Crippen molar-refractivity contribution in [3.8, 4) is 0 Å². The first-order chi connectivity index (χ1) is 2.56. The maximum absolute atomic E-state index is 2.42. The molecule has 0 aliphatic carbocycles. The Hall–Kier alpha value is -0.783. The van der Waals surface area contributed by atoms with Crippen LogP contribution >= 0.6 is 0 Å². The van der Waals surface area contributed by atoms with Gasteiger partial charge in [0.2, 0.25) is 0 Å². The fourth-order valence-electron chi connectivity index (χ4n) is 0. The van der Waals surface area contributed by atoms with Crippen molar-refractivity contribution < 1.29 is 0 Å². The molecule has 0 unspecified atom stereocenters. The zero-order valence-corrected chi connectivity index (χ0v) is 8.50. The molecule has 39 valence electrons. The average Bonchev–Trinajstić information content (AvgIpc) is 1.35. The molecule has 0 rings (SSSR count). The summed E-state index contributed by atoms with van der Waals surface area (Å²) in [4.78, 5) is 0. The van der Waals surface area contributed by atoms with Crippen LogP contribution in [0.1, 0.15) is 6.92 Å². The van der Waals surface area contributed by atoms with Crippen LogP contribution in [0.4, 0.5) is 0 Å². The van der Waals surface area contributed by atoms with E-state index in [-0.39, 0.29) is 0 Å². The van der Waals surface area contributed by atoms with E-state index in [1.807, 2.05) is 0 Å². The Morgan fingerprint density at radius 3 is 1.67 bits per heavy atom. The van der Waals surface area contributed by atoms with E-state index < -0.39 is 8.80 Å². The molecular formula is C4H11CmSi. The molecule has 0 radical (unpaired) electrons. The third-order valence-electron chi connectivity index (χ3n) is 0.832. The predicted octanol–water partition coefficient (Wildman–Crippen LogP) is 1.76. The van der Waals surface area contributed by atoms with Gasteiger partial charge in [-0.1, -0.05) is 0 Å². The van der Waals surface area contributed by atoms with Gasteiger partial charge in [-0.25, -0.2) is 0 Å². The summed E-state index contributed by atoms with van der Waals surface area (Å²) < 4.78 is 1.81. The van der Waals surface area contributed by atoms with Crippen LogP contribution in [-0.4, -0.2) is 8.80 Å². The molecule has 0 aromatic heterocycles. The Balaban J connectivity index is 3.17. The maximum atomic E-state index is 2.42. The molecule has 6 heavy (non-hydrogen) atoms. The standard InChI is InChI=1S/C4H11Si.Cm/c1-4-5(2)3;/h4H2,1-3H3;. The van der Waals surface area contributed by atoms with Crippen molar-refractivity contribution in [2.24, 2.45) is 0 Å². The molecular weight excluding hydrogens is 323 g/mol. The van der Waals surface area contributed by atoms with E-state index in [0.29, 0.717) is 0 Å². The van der Waals surface area contributed by atoms with Crippen molar-refractivity contribution in [1.82, 2.24) is 0 Å². The van der Waals surface area contributed by atoms with Gasteiger partial charge in [-0.05, 0) is 0 Å². The average molecular weight is 334 g/mol. The van der Waals surface area contributed by atoms with E-state index in [1.54, 1.807) is 0 Å². The van der Waals surface area contributed by atoms with E-state index in [1.165, 1.54) is 6.04 Å². The number of hydrogen-bond acceptors (Lipinski definition) is 0. The van der Waals surface area contributed by atoms with E-state index in [9.17, 15) is 0 Å². The summed E-state index contributed by atoms with van der Waals surface area (Å²) in [6, 6.07) is 1.45. The zero-order chi connectivity index (χ0) is 5.21. The fourth-order valence-corrected chi connectivity index (χ4v) is 0. The summed E-state index contributed by atoms with van der Waals surface area (Å²) in [5.74, 6) is 0. The molecule has 0 aromatic carbocycles. The Labute approximate surface area is 35.8 Å². The summed E-state index contributed by atoms with van der Waals surface area (Å²) in [5, 5.41) is 0. The first-order valence-corrected chi connectivity index (χ1v) is 9.71. The van der Waals surface area contributed by atoms with Crippen LogP contribution in [0.25, 0.3) is 0 Å². The van der Waals surface area contributed by atoms with Crippen molar-refractivity contribution in [3.63, 3.8) is 0 Å². The van der Waals surface area contributed by atoms with E-state index in [4.69, 9.17) is 0 Å². The minimum atomic E-state index is -0.544. The van der Waals surface area contributed by atoms with Gasteiger partial charge in [0.25, 0.3) is 0 Å². The van der Waals surface area contributed by atoms with Gasteiger partial charge in [0, 0.05) is 0 Å². The van der Waals surface area contributed by atoms with Crippen LogP contribution in [0.2, 0.25) is 19.1 Å².